The molecule has 0 unspecified atom stereocenters. The topological polar surface area (TPSA) is 53.5 Å². The van der Waals surface area contributed by atoms with Gasteiger partial charge in [-0.15, -0.1) is 0 Å². The summed E-state index contributed by atoms with van der Waals surface area (Å²) in [7, 11) is 0. The summed E-state index contributed by atoms with van der Waals surface area (Å²) < 4.78 is 6.44. The van der Waals surface area contributed by atoms with Crippen LogP contribution in [0.25, 0.3) is 56.3 Å². The van der Waals surface area contributed by atoms with E-state index in [0.29, 0.717) is 0 Å². The normalized spacial score (nSPS) is 11.6. The summed E-state index contributed by atoms with van der Waals surface area (Å²) in [6.07, 6.45) is 11.4. The van der Waals surface area contributed by atoms with Gasteiger partial charge in [-0.25, -0.2) is 15.0 Å². The summed E-state index contributed by atoms with van der Waals surface area (Å²) in [6, 6.07) is 31.4. The van der Waals surface area contributed by atoms with Gasteiger partial charge in [-0.1, -0.05) is 61.2 Å². The number of nitrogens with zero attached hydrogens (tertiary/aromatic N) is 6. The maximum Gasteiger partial charge on any atom is 0.100 e. The summed E-state index contributed by atoms with van der Waals surface area (Å²) in [5.41, 5.74) is 11.2. The molecule has 7 aromatic rings. The number of allylic oxidation sites excluding steroid dienone is 2. The molecule has 0 aliphatic heterocycles. The molecule has 3 aromatic heterocycles. The zero-order chi connectivity index (χ0) is 27.1. The van der Waals surface area contributed by atoms with Crippen molar-refractivity contribution in [3.05, 3.63) is 140 Å². The van der Waals surface area contributed by atoms with Crippen molar-refractivity contribution in [1.82, 2.24) is 28.7 Å². The van der Waals surface area contributed by atoms with E-state index in [4.69, 9.17) is 4.98 Å². The van der Waals surface area contributed by atoms with Crippen LogP contribution in [0.5, 0.6) is 0 Å². The molecule has 0 aliphatic rings. The smallest absolute Gasteiger partial charge is 0.100 e. The first kappa shape index (κ1) is 23.6. The quantitative estimate of drug-likeness (QED) is 0.212. The lowest BCUT2D eigenvalue weighted by atomic mass is 9.99. The first-order valence-electron chi connectivity index (χ1n) is 13.1. The Morgan fingerprint density at radius 1 is 0.650 bits per heavy atom. The fraction of sp³-hybridized carbons (Fsp3) is 0.0294. The molecule has 0 spiro atoms. The third-order valence-electron chi connectivity index (χ3n) is 7.25. The number of benzene rings is 4. The first-order chi connectivity index (χ1) is 19.7. The molecule has 0 aliphatic carbocycles. The summed E-state index contributed by atoms with van der Waals surface area (Å²) in [4.78, 5) is 14.0. The summed E-state index contributed by atoms with van der Waals surface area (Å²) in [5, 5.41) is 0. The van der Waals surface area contributed by atoms with Crippen molar-refractivity contribution in [3.8, 4) is 28.2 Å². The standard InChI is InChI=1S/C34H26N6/c1-3-4-15-29-24(2)35-21-39(29)32-18-10-19-33(40-23-37-28-14-6-8-17-31(28)40)34(32)25-11-9-12-26(20-25)38-22-36-27-13-5-7-16-30(27)38/h3-23H,1H2,2H3/b15-4-. The number of hydrogen-bond acceptors (Lipinski definition) is 3. The van der Waals surface area contributed by atoms with Gasteiger partial charge in [0.25, 0.3) is 0 Å². The van der Waals surface area contributed by atoms with E-state index in [1.165, 1.54) is 0 Å². The first-order valence-corrected chi connectivity index (χ1v) is 13.1. The van der Waals surface area contributed by atoms with Crippen LogP contribution in [0.2, 0.25) is 0 Å². The molecule has 0 amide bonds. The fourth-order valence-electron chi connectivity index (χ4n) is 5.35. The van der Waals surface area contributed by atoms with E-state index in [2.05, 4.69) is 84.8 Å². The largest absolute Gasteiger partial charge is 0.299 e. The van der Waals surface area contributed by atoms with Crippen molar-refractivity contribution in [2.24, 2.45) is 0 Å². The third kappa shape index (κ3) is 3.85. The zero-order valence-corrected chi connectivity index (χ0v) is 22.0. The Bertz CT molecular complexity index is 2050. The highest BCUT2D eigenvalue weighted by atomic mass is 15.1. The van der Waals surface area contributed by atoms with Gasteiger partial charge in [0.05, 0.1) is 51.2 Å². The number of hydrogen-bond donors (Lipinski definition) is 0. The minimum absolute atomic E-state index is 0.946. The van der Waals surface area contributed by atoms with Gasteiger partial charge < -0.3 is 0 Å². The SMILES string of the molecule is C=C/C=C\c1c(C)ncn1-c1cccc(-n2cnc3ccccc32)c1-c1cccc(-n2cnc3ccccc32)c1. The second-order valence-electron chi connectivity index (χ2n) is 9.61. The number of imidazole rings is 3. The van der Waals surface area contributed by atoms with Crippen molar-refractivity contribution in [2.75, 3.05) is 0 Å². The number of rotatable bonds is 6. The van der Waals surface area contributed by atoms with E-state index in [1.807, 2.05) is 74.5 Å². The lowest BCUT2D eigenvalue weighted by molar-refractivity contribution is 1.03. The van der Waals surface area contributed by atoms with E-state index in [1.54, 1.807) is 6.08 Å². The van der Waals surface area contributed by atoms with E-state index in [9.17, 15) is 0 Å². The molecule has 0 radical (unpaired) electrons. The van der Waals surface area contributed by atoms with E-state index >= 15 is 0 Å². The average Bonchev–Trinajstić information content (AvgIpc) is 3.72. The molecule has 6 nitrogen and oxygen atoms in total. The fourth-order valence-corrected chi connectivity index (χ4v) is 5.35. The predicted molar refractivity (Wildman–Crippen MR) is 162 cm³/mol. The molecular weight excluding hydrogens is 492 g/mol. The summed E-state index contributed by atoms with van der Waals surface area (Å²) in [6.45, 7) is 5.88. The van der Waals surface area contributed by atoms with Gasteiger partial charge in [0.1, 0.15) is 12.7 Å². The van der Waals surface area contributed by atoms with Gasteiger partial charge in [-0.2, -0.15) is 0 Å². The predicted octanol–water partition coefficient (Wildman–Crippen LogP) is 7.72. The van der Waals surface area contributed by atoms with Crippen LogP contribution in [-0.4, -0.2) is 28.7 Å². The molecule has 3 heterocycles. The van der Waals surface area contributed by atoms with Crippen LogP contribution >= 0.6 is 0 Å². The molecule has 0 fully saturated rings. The van der Waals surface area contributed by atoms with Crippen LogP contribution in [0.4, 0.5) is 0 Å². The van der Waals surface area contributed by atoms with Gasteiger partial charge in [-0.3, -0.25) is 13.7 Å². The highest BCUT2D eigenvalue weighted by Gasteiger charge is 2.19. The number of aromatic nitrogens is 6. The summed E-state index contributed by atoms with van der Waals surface area (Å²) in [5.74, 6) is 0. The van der Waals surface area contributed by atoms with Crippen molar-refractivity contribution < 1.29 is 0 Å². The van der Waals surface area contributed by atoms with Crippen LogP contribution in [0.1, 0.15) is 11.4 Å². The minimum Gasteiger partial charge on any atom is -0.299 e. The molecule has 192 valence electrons. The van der Waals surface area contributed by atoms with Gasteiger partial charge in [0, 0.05) is 11.3 Å². The zero-order valence-electron chi connectivity index (χ0n) is 22.0. The number of fused-ring (bicyclic) bond motifs is 2. The molecule has 6 heteroatoms. The monoisotopic (exact) mass is 518 g/mol. The van der Waals surface area contributed by atoms with E-state index in [-0.39, 0.29) is 0 Å². The maximum absolute atomic E-state index is 4.70. The average molecular weight is 519 g/mol. The highest BCUT2D eigenvalue weighted by molar-refractivity contribution is 5.87. The Balaban J connectivity index is 1.51. The van der Waals surface area contributed by atoms with Crippen molar-refractivity contribution in [1.29, 1.82) is 0 Å². The van der Waals surface area contributed by atoms with Gasteiger partial charge >= 0.3 is 0 Å². The van der Waals surface area contributed by atoms with Gasteiger partial charge in [0.15, 0.2) is 0 Å². The van der Waals surface area contributed by atoms with Crippen LogP contribution in [0.3, 0.4) is 0 Å². The van der Waals surface area contributed by atoms with Crippen LogP contribution in [-0.2, 0) is 0 Å². The van der Waals surface area contributed by atoms with Gasteiger partial charge in [-0.05, 0) is 67.1 Å². The molecule has 0 saturated heterocycles. The molecule has 4 aromatic carbocycles. The van der Waals surface area contributed by atoms with Crippen molar-refractivity contribution >= 4 is 28.1 Å². The van der Waals surface area contributed by atoms with Crippen LogP contribution < -0.4 is 0 Å². The molecule has 7 rings (SSSR count). The Labute approximate surface area is 231 Å². The van der Waals surface area contributed by atoms with Crippen molar-refractivity contribution in [3.63, 3.8) is 0 Å². The molecule has 0 bridgehead atoms. The van der Waals surface area contributed by atoms with Crippen molar-refractivity contribution in [2.45, 2.75) is 6.92 Å². The van der Waals surface area contributed by atoms with Gasteiger partial charge in [0.2, 0.25) is 0 Å². The van der Waals surface area contributed by atoms with Crippen LogP contribution in [0, 0.1) is 6.92 Å². The molecular formula is C34H26N6. The van der Waals surface area contributed by atoms with E-state index < -0.39 is 0 Å². The highest BCUT2D eigenvalue weighted by Crippen LogP contribution is 2.37. The molecule has 40 heavy (non-hydrogen) atoms. The second kappa shape index (κ2) is 9.67. The molecule has 0 atom stereocenters. The number of para-hydroxylation sites is 4. The Kier molecular flexibility index (Phi) is 5.71. The second-order valence-corrected chi connectivity index (χ2v) is 9.61. The maximum atomic E-state index is 4.70. The lowest BCUT2D eigenvalue weighted by Gasteiger charge is -2.19. The molecule has 0 N–H and O–H groups in total. The number of aryl methyl sites for hydroxylation is 1. The molecule has 0 saturated carbocycles. The lowest BCUT2D eigenvalue weighted by Crippen LogP contribution is -2.04. The third-order valence-corrected chi connectivity index (χ3v) is 7.25. The Hall–Kier alpha value is -5.49. The van der Waals surface area contributed by atoms with Crippen LogP contribution in [0.15, 0.2) is 129 Å². The Morgan fingerprint density at radius 2 is 1.27 bits per heavy atom. The Morgan fingerprint density at radius 3 is 2.02 bits per heavy atom. The van der Waals surface area contributed by atoms with E-state index in [0.717, 1.165) is 61.6 Å². The summed E-state index contributed by atoms with van der Waals surface area (Å²) >= 11 is 0. The minimum atomic E-state index is 0.946.